The van der Waals surface area contributed by atoms with Crippen molar-refractivity contribution in [1.29, 1.82) is 0 Å². The summed E-state index contributed by atoms with van der Waals surface area (Å²) >= 11 is 0. The maximum Gasteiger partial charge on any atom is 0.317 e. The lowest BCUT2D eigenvalue weighted by molar-refractivity contribution is -0.145. The SMILES string of the molecule is CCCCCCCCCCCCCCCNC(=O)C(CC(=O)O)NC(C(CC)NCC(=O)O)N(CC(=O)O)CC(=O)O. The Morgan fingerprint density at radius 3 is 1.52 bits per heavy atom. The molecule has 3 unspecified atom stereocenters. The topological polar surface area (TPSA) is 206 Å². The lowest BCUT2D eigenvalue weighted by Crippen LogP contribution is -2.64. The van der Waals surface area contributed by atoms with Crippen LogP contribution < -0.4 is 16.0 Å². The highest BCUT2D eigenvalue weighted by molar-refractivity contribution is 5.86. The smallest absolute Gasteiger partial charge is 0.317 e. The van der Waals surface area contributed by atoms with E-state index in [1.807, 2.05) is 0 Å². The van der Waals surface area contributed by atoms with E-state index in [0.717, 1.165) is 24.2 Å². The van der Waals surface area contributed by atoms with Crippen molar-refractivity contribution in [3.8, 4) is 0 Å². The van der Waals surface area contributed by atoms with Crippen molar-refractivity contribution in [2.45, 2.75) is 128 Å². The van der Waals surface area contributed by atoms with Crippen LogP contribution in [-0.4, -0.2) is 99.5 Å². The predicted molar refractivity (Wildman–Crippen MR) is 158 cm³/mol. The van der Waals surface area contributed by atoms with Gasteiger partial charge >= 0.3 is 23.9 Å². The van der Waals surface area contributed by atoms with Crippen molar-refractivity contribution in [3.63, 3.8) is 0 Å². The fraction of sp³-hybridized carbons (Fsp3) is 0.828. The summed E-state index contributed by atoms with van der Waals surface area (Å²) in [5.74, 6) is -5.75. The molecule has 1 amide bonds. The fourth-order valence-electron chi connectivity index (χ4n) is 4.86. The molecule has 13 heteroatoms. The van der Waals surface area contributed by atoms with Crippen molar-refractivity contribution in [2.75, 3.05) is 26.2 Å². The number of amides is 1. The summed E-state index contributed by atoms with van der Waals surface area (Å²) in [6.45, 7) is 2.28. The van der Waals surface area contributed by atoms with Gasteiger partial charge in [-0.05, 0) is 12.8 Å². The first-order valence-corrected chi connectivity index (χ1v) is 15.4. The molecule has 0 spiro atoms. The Morgan fingerprint density at radius 2 is 1.12 bits per heavy atom. The second kappa shape index (κ2) is 24.8. The zero-order valence-electron chi connectivity index (χ0n) is 25.4. The number of aliphatic carboxylic acids is 4. The third kappa shape index (κ3) is 21.0. The van der Waals surface area contributed by atoms with Crippen LogP contribution in [0.1, 0.15) is 110 Å². The summed E-state index contributed by atoms with van der Waals surface area (Å²) in [6, 6.07) is -2.11. The van der Waals surface area contributed by atoms with Crippen molar-refractivity contribution < 1.29 is 44.4 Å². The molecule has 42 heavy (non-hydrogen) atoms. The van der Waals surface area contributed by atoms with Gasteiger partial charge in [-0.2, -0.15) is 0 Å². The minimum atomic E-state index is -1.34. The number of rotatable bonds is 29. The number of carboxylic acid groups (broad SMARTS) is 4. The van der Waals surface area contributed by atoms with E-state index in [9.17, 15) is 39.3 Å². The van der Waals surface area contributed by atoms with E-state index in [2.05, 4.69) is 22.9 Å². The number of nitrogens with one attached hydrogen (secondary N) is 3. The first-order valence-electron chi connectivity index (χ1n) is 15.4. The Morgan fingerprint density at radius 1 is 0.643 bits per heavy atom. The summed E-state index contributed by atoms with van der Waals surface area (Å²) in [5.41, 5.74) is 0. The van der Waals surface area contributed by atoms with Gasteiger partial charge in [-0.3, -0.25) is 34.2 Å². The zero-order valence-corrected chi connectivity index (χ0v) is 25.4. The third-order valence-corrected chi connectivity index (χ3v) is 7.05. The number of nitrogens with zero attached hydrogens (tertiary/aromatic N) is 1. The Balaban J connectivity index is 4.97. The van der Waals surface area contributed by atoms with E-state index < -0.39 is 74.1 Å². The van der Waals surface area contributed by atoms with Gasteiger partial charge in [0.1, 0.15) is 0 Å². The van der Waals surface area contributed by atoms with Crippen LogP contribution in [0, 0.1) is 0 Å². The maximum absolute atomic E-state index is 13.0. The Bertz CT molecular complexity index is 781. The van der Waals surface area contributed by atoms with E-state index in [1.54, 1.807) is 6.92 Å². The number of carbonyl (C=O) groups excluding carboxylic acids is 1. The monoisotopic (exact) mass is 602 g/mol. The lowest BCUT2D eigenvalue weighted by atomic mass is 10.0. The Kier molecular flexibility index (Phi) is 23.2. The summed E-state index contributed by atoms with van der Waals surface area (Å²) in [7, 11) is 0. The summed E-state index contributed by atoms with van der Waals surface area (Å²) < 4.78 is 0. The quantitative estimate of drug-likeness (QED) is 0.0487. The lowest BCUT2D eigenvalue weighted by Gasteiger charge is -2.38. The molecule has 0 aromatic heterocycles. The summed E-state index contributed by atoms with van der Waals surface area (Å²) in [5, 5.41) is 45.5. The highest BCUT2D eigenvalue weighted by Crippen LogP contribution is 2.13. The van der Waals surface area contributed by atoms with Crippen LogP contribution in [0.3, 0.4) is 0 Å². The standard InChI is InChI=1S/C29H54N4O9/c1-3-5-6-7-8-9-10-11-12-13-14-15-16-17-30-29(42)23(18-24(34)35)32-28(22(4-2)31-19-25(36)37)33(20-26(38)39)21-27(40)41/h22-23,28,31-32H,3-21H2,1-2H3,(H,30,42)(H,34,35)(H,36,37)(H,38,39)(H,40,41). The molecule has 0 bridgehead atoms. The molecule has 0 aliphatic rings. The van der Waals surface area contributed by atoms with Gasteiger partial charge in [-0.15, -0.1) is 0 Å². The molecule has 0 rings (SSSR count). The third-order valence-electron chi connectivity index (χ3n) is 7.05. The second-order valence-corrected chi connectivity index (χ2v) is 10.8. The molecule has 13 nitrogen and oxygen atoms in total. The molecule has 0 radical (unpaired) electrons. The molecule has 0 aliphatic heterocycles. The van der Waals surface area contributed by atoms with Crippen LogP contribution in [0.2, 0.25) is 0 Å². The minimum Gasteiger partial charge on any atom is -0.481 e. The van der Waals surface area contributed by atoms with Gasteiger partial charge in [0, 0.05) is 12.6 Å². The van der Waals surface area contributed by atoms with Gasteiger partial charge in [0.2, 0.25) is 5.91 Å². The molecule has 0 aromatic rings. The number of carbonyl (C=O) groups is 5. The van der Waals surface area contributed by atoms with E-state index >= 15 is 0 Å². The average Bonchev–Trinajstić information content (AvgIpc) is 2.90. The van der Waals surface area contributed by atoms with Gasteiger partial charge in [0.25, 0.3) is 0 Å². The number of hydrogen-bond donors (Lipinski definition) is 7. The zero-order chi connectivity index (χ0) is 31.8. The van der Waals surface area contributed by atoms with E-state index in [-0.39, 0.29) is 6.42 Å². The largest absolute Gasteiger partial charge is 0.481 e. The average molecular weight is 603 g/mol. The molecule has 244 valence electrons. The van der Waals surface area contributed by atoms with Crippen LogP contribution in [0.25, 0.3) is 0 Å². The minimum absolute atomic E-state index is 0.237. The molecule has 0 aromatic carbocycles. The molecular weight excluding hydrogens is 548 g/mol. The molecule has 0 saturated heterocycles. The molecule has 0 aliphatic carbocycles. The second-order valence-electron chi connectivity index (χ2n) is 10.8. The highest BCUT2D eigenvalue weighted by atomic mass is 16.4. The van der Waals surface area contributed by atoms with Crippen LogP contribution in [-0.2, 0) is 24.0 Å². The van der Waals surface area contributed by atoms with Gasteiger partial charge in [0.15, 0.2) is 0 Å². The van der Waals surface area contributed by atoms with Crippen molar-refractivity contribution >= 4 is 29.8 Å². The predicted octanol–water partition coefficient (Wildman–Crippen LogP) is 2.88. The molecule has 0 heterocycles. The van der Waals surface area contributed by atoms with E-state index in [4.69, 9.17) is 5.11 Å². The molecule has 0 fully saturated rings. The number of unbranched alkanes of at least 4 members (excludes halogenated alkanes) is 12. The van der Waals surface area contributed by atoms with Crippen LogP contribution in [0.5, 0.6) is 0 Å². The normalized spacial score (nSPS) is 13.4. The van der Waals surface area contributed by atoms with Crippen LogP contribution in [0.15, 0.2) is 0 Å². The Hall–Kier alpha value is -2.77. The first-order chi connectivity index (χ1) is 20.0. The van der Waals surface area contributed by atoms with Gasteiger partial charge in [-0.25, -0.2) is 0 Å². The Labute approximate surface area is 249 Å². The fourth-order valence-corrected chi connectivity index (χ4v) is 4.86. The number of carboxylic acids is 4. The molecule has 0 saturated carbocycles. The summed E-state index contributed by atoms with van der Waals surface area (Å²) in [6.07, 6.45) is 13.8. The van der Waals surface area contributed by atoms with E-state index in [0.29, 0.717) is 13.0 Å². The van der Waals surface area contributed by atoms with Crippen LogP contribution in [0.4, 0.5) is 0 Å². The molecular formula is C29H54N4O9. The van der Waals surface area contributed by atoms with E-state index in [1.165, 1.54) is 57.8 Å². The van der Waals surface area contributed by atoms with Crippen molar-refractivity contribution in [2.24, 2.45) is 0 Å². The van der Waals surface area contributed by atoms with Gasteiger partial charge < -0.3 is 31.1 Å². The summed E-state index contributed by atoms with van der Waals surface area (Å²) in [4.78, 5) is 59.7. The van der Waals surface area contributed by atoms with Crippen molar-refractivity contribution in [3.05, 3.63) is 0 Å². The first kappa shape index (κ1) is 39.2. The molecule has 7 N–H and O–H groups in total. The molecule has 3 atom stereocenters. The van der Waals surface area contributed by atoms with Crippen molar-refractivity contribution in [1.82, 2.24) is 20.9 Å². The maximum atomic E-state index is 13.0. The van der Waals surface area contributed by atoms with Gasteiger partial charge in [0.05, 0.1) is 38.3 Å². The number of hydrogen-bond acceptors (Lipinski definition) is 8. The van der Waals surface area contributed by atoms with Gasteiger partial charge in [-0.1, -0.05) is 90.9 Å². The van der Waals surface area contributed by atoms with Crippen LogP contribution >= 0.6 is 0 Å². The highest BCUT2D eigenvalue weighted by Gasteiger charge is 2.34.